The van der Waals surface area contributed by atoms with Crippen molar-refractivity contribution in [1.29, 1.82) is 0 Å². The molecule has 4 nitrogen and oxygen atoms in total. The summed E-state index contributed by atoms with van der Waals surface area (Å²) in [6.45, 7) is 0.982. The summed E-state index contributed by atoms with van der Waals surface area (Å²) in [5, 5.41) is 1.04. The molecule has 23 heavy (non-hydrogen) atoms. The van der Waals surface area contributed by atoms with Crippen LogP contribution in [0.3, 0.4) is 0 Å². The zero-order valence-electron chi connectivity index (χ0n) is 12.6. The second-order valence-electron chi connectivity index (χ2n) is 5.58. The fourth-order valence-electron chi connectivity index (χ4n) is 2.56. The van der Waals surface area contributed by atoms with Gasteiger partial charge in [-0.05, 0) is 24.3 Å². The van der Waals surface area contributed by atoms with Gasteiger partial charge in [-0.15, -0.1) is 0 Å². The zero-order chi connectivity index (χ0) is 16.4. The third kappa shape index (κ3) is 3.57. The largest absolute Gasteiger partial charge is 0.327 e. The number of hydrogen-bond donors (Lipinski definition) is 2. The number of quaternary nitrogens is 1. The molecule has 0 bridgehead atoms. The number of benzene rings is 2. The number of fused-ring (bicyclic) bond motifs is 1. The van der Waals surface area contributed by atoms with Crippen molar-refractivity contribution in [2.45, 2.75) is 13.1 Å². The summed E-state index contributed by atoms with van der Waals surface area (Å²) < 4.78 is 13.7. The van der Waals surface area contributed by atoms with E-state index >= 15 is 0 Å². The first kappa shape index (κ1) is 15.6. The highest BCUT2D eigenvalue weighted by Gasteiger charge is 2.12. The molecule has 0 saturated heterocycles. The summed E-state index contributed by atoms with van der Waals surface area (Å²) in [4.78, 5) is 20.3. The average Bonchev–Trinajstić information content (AvgIpc) is 2.49. The highest BCUT2D eigenvalue weighted by atomic mass is 35.5. The first-order valence-corrected chi connectivity index (χ1v) is 7.64. The molecule has 0 aliphatic carbocycles. The smallest absolute Gasteiger partial charge is 0.258 e. The molecular formula is C17H16ClFN3O+. The maximum Gasteiger partial charge on any atom is 0.258 e. The summed E-state index contributed by atoms with van der Waals surface area (Å²) >= 11 is 5.95. The number of rotatable bonds is 4. The van der Waals surface area contributed by atoms with Gasteiger partial charge in [-0.2, -0.15) is 0 Å². The van der Waals surface area contributed by atoms with Crippen LogP contribution >= 0.6 is 11.6 Å². The van der Waals surface area contributed by atoms with Gasteiger partial charge in [-0.3, -0.25) is 4.79 Å². The highest BCUT2D eigenvalue weighted by molar-refractivity contribution is 6.31. The first-order chi connectivity index (χ1) is 11.0. The first-order valence-electron chi connectivity index (χ1n) is 7.26. The Labute approximate surface area is 137 Å². The fraction of sp³-hybridized carbons (Fsp3) is 0.176. The van der Waals surface area contributed by atoms with Crippen molar-refractivity contribution in [2.75, 3.05) is 7.05 Å². The van der Waals surface area contributed by atoms with Gasteiger partial charge in [0.25, 0.3) is 5.56 Å². The lowest BCUT2D eigenvalue weighted by atomic mass is 10.2. The van der Waals surface area contributed by atoms with E-state index in [1.165, 1.54) is 6.07 Å². The molecule has 118 valence electrons. The predicted octanol–water partition coefficient (Wildman–Crippen LogP) is 1.93. The van der Waals surface area contributed by atoms with Gasteiger partial charge >= 0.3 is 0 Å². The summed E-state index contributed by atoms with van der Waals surface area (Å²) in [7, 11) is 1.93. The number of nitrogens with zero attached hydrogens (tertiary/aromatic N) is 1. The quantitative estimate of drug-likeness (QED) is 0.767. The van der Waals surface area contributed by atoms with E-state index in [0.29, 0.717) is 40.4 Å². The van der Waals surface area contributed by atoms with Crippen molar-refractivity contribution in [2.24, 2.45) is 0 Å². The van der Waals surface area contributed by atoms with Crippen molar-refractivity contribution in [3.8, 4) is 0 Å². The molecule has 1 heterocycles. The summed E-state index contributed by atoms with van der Waals surface area (Å²) in [5.74, 6) is 0.331. The molecular weight excluding hydrogens is 317 g/mol. The number of aromatic nitrogens is 2. The van der Waals surface area contributed by atoms with E-state index in [9.17, 15) is 9.18 Å². The second-order valence-corrected chi connectivity index (χ2v) is 6.01. The molecule has 6 heteroatoms. The van der Waals surface area contributed by atoms with Crippen LogP contribution in [0, 0.1) is 5.82 Å². The molecule has 1 unspecified atom stereocenters. The molecule has 0 amide bonds. The van der Waals surface area contributed by atoms with E-state index in [2.05, 4.69) is 9.97 Å². The van der Waals surface area contributed by atoms with Crippen molar-refractivity contribution in [3.05, 3.63) is 75.0 Å². The lowest BCUT2D eigenvalue weighted by molar-refractivity contribution is -0.908. The molecule has 2 aromatic carbocycles. The monoisotopic (exact) mass is 332 g/mol. The van der Waals surface area contributed by atoms with E-state index in [1.807, 2.05) is 13.1 Å². The summed E-state index contributed by atoms with van der Waals surface area (Å²) in [5.41, 5.74) is 1.01. The van der Waals surface area contributed by atoms with Gasteiger partial charge in [-0.1, -0.05) is 29.8 Å². The number of nitrogens with one attached hydrogen (secondary N) is 2. The van der Waals surface area contributed by atoms with Crippen LogP contribution in [0.15, 0.2) is 47.3 Å². The van der Waals surface area contributed by atoms with Gasteiger partial charge in [-0.25, -0.2) is 9.37 Å². The van der Waals surface area contributed by atoms with E-state index < -0.39 is 0 Å². The maximum atomic E-state index is 13.7. The molecule has 0 aliphatic heterocycles. The standard InChI is InChI=1S/C17H15ClFN3O/c1-22(9-11-4-2-3-5-14(11)19)10-16-20-15-8-12(18)6-7-13(15)17(23)21-16/h2-8H,9-10H2,1H3,(H,20,21,23)/p+1. The van der Waals surface area contributed by atoms with Crippen LogP contribution in [0.2, 0.25) is 5.02 Å². The van der Waals surface area contributed by atoms with Gasteiger partial charge in [0.15, 0.2) is 5.82 Å². The van der Waals surface area contributed by atoms with Crippen LogP contribution in [0.1, 0.15) is 11.4 Å². The molecule has 0 saturated carbocycles. The Bertz CT molecular complexity index is 910. The van der Waals surface area contributed by atoms with E-state index in [1.54, 1.807) is 30.3 Å². The van der Waals surface area contributed by atoms with Crippen LogP contribution in [0.4, 0.5) is 4.39 Å². The van der Waals surface area contributed by atoms with Crippen LogP contribution in [0.25, 0.3) is 10.9 Å². The minimum Gasteiger partial charge on any atom is -0.327 e. The average molecular weight is 333 g/mol. The molecule has 0 radical (unpaired) electrons. The molecule has 3 aromatic rings. The Kier molecular flexibility index (Phi) is 4.41. The molecule has 1 aromatic heterocycles. The van der Waals surface area contributed by atoms with Crippen molar-refractivity contribution >= 4 is 22.5 Å². The highest BCUT2D eigenvalue weighted by Crippen LogP contribution is 2.14. The molecule has 3 rings (SSSR count). The van der Waals surface area contributed by atoms with Crippen molar-refractivity contribution < 1.29 is 9.29 Å². The maximum absolute atomic E-state index is 13.7. The zero-order valence-corrected chi connectivity index (χ0v) is 13.3. The van der Waals surface area contributed by atoms with Crippen LogP contribution in [0.5, 0.6) is 0 Å². The Morgan fingerprint density at radius 2 is 2.00 bits per heavy atom. The number of H-pyrrole nitrogens is 1. The Hall–Kier alpha value is -2.24. The molecule has 0 spiro atoms. The molecule has 0 fully saturated rings. The number of halogens is 2. The topological polar surface area (TPSA) is 50.2 Å². The third-order valence-electron chi connectivity index (χ3n) is 3.64. The minimum atomic E-state index is -0.224. The second kappa shape index (κ2) is 6.48. The normalized spacial score (nSPS) is 12.5. The van der Waals surface area contributed by atoms with Gasteiger partial charge in [0, 0.05) is 10.6 Å². The summed E-state index contributed by atoms with van der Waals surface area (Å²) in [6.07, 6.45) is 0. The lowest BCUT2D eigenvalue weighted by Gasteiger charge is -2.14. The van der Waals surface area contributed by atoms with E-state index in [4.69, 9.17) is 11.6 Å². The summed E-state index contributed by atoms with van der Waals surface area (Å²) in [6, 6.07) is 11.7. The van der Waals surface area contributed by atoms with Gasteiger partial charge in [0.2, 0.25) is 0 Å². The van der Waals surface area contributed by atoms with Gasteiger partial charge in [0.1, 0.15) is 18.9 Å². The Morgan fingerprint density at radius 1 is 1.22 bits per heavy atom. The van der Waals surface area contributed by atoms with Crippen molar-refractivity contribution in [3.63, 3.8) is 0 Å². The molecule has 2 N–H and O–H groups in total. The van der Waals surface area contributed by atoms with Gasteiger partial charge in [0.05, 0.1) is 18.0 Å². The minimum absolute atomic E-state index is 0.194. The van der Waals surface area contributed by atoms with Crippen LogP contribution in [-0.4, -0.2) is 17.0 Å². The van der Waals surface area contributed by atoms with E-state index in [-0.39, 0.29) is 11.4 Å². The SMILES string of the molecule is C[NH+](Cc1nc2cc(Cl)ccc2c(=O)[nH]1)Cc1ccccc1F. The third-order valence-corrected chi connectivity index (χ3v) is 3.87. The number of hydrogen-bond acceptors (Lipinski definition) is 2. The Morgan fingerprint density at radius 3 is 2.78 bits per heavy atom. The fourth-order valence-corrected chi connectivity index (χ4v) is 2.73. The van der Waals surface area contributed by atoms with E-state index in [0.717, 1.165) is 4.90 Å². The van der Waals surface area contributed by atoms with Crippen LogP contribution < -0.4 is 10.5 Å². The number of aromatic amines is 1. The van der Waals surface area contributed by atoms with Crippen molar-refractivity contribution in [1.82, 2.24) is 9.97 Å². The molecule has 1 atom stereocenters. The lowest BCUT2D eigenvalue weighted by Crippen LogP contribution is -3.06. The molecule has 0 aliphatic rings. The Balaban J connectivity index is 1.83. The van der Waals surface area contributed by atoms with Gasteiger partial charge < -0.3 is 9.88 Å². The predicted molar refractivity (Wildman–Crippen MR) is 88.1 cm³/mol. The van der Waals surface area contributed by atoms with Crippen LogP contribution in [-0.2, 0) is 13.1 Å².